The topological polar surface area (TPSA) is 57.6 Å². The number of hydrogen-bond donors (Lipinski definition) is 1. The summed E-state index contributed by atoms with van der Waals surface area (Å²) >= 11 is 1.32. The highest BCUT2D eigenvalue weighted by molar-refractivity contribution is 7.12. The van der Waals surface area contributed by atoms with Crippen molar-refractivity contribution in [3.63, 3.8) is 0 Å². The van der Waals surface area contributed by atoms with Crippen molar-refractivity contribution in [2.24, 2.45) is 0 Å². The quantitative estimate of drug-likeness (QED) is 0.851. The van der Waals surface area contributed by atoms with Gasteiger partial charge in [-0.25, -0.2) is 0 Å². The summed E-state index contributed by atoms with van der Waals surface area (Å²) in [5, 5.41) is 10.5. The fraction of sp³-hybridized carbons (Fsp3) is 0.400. The maximum Gasteiger partial charge on any atom is 0.323 e. The molecule has 0 fully saturated rings. The van der Waals surface area contributed by atoms with Crippen LogP contribution in [0.2, 0.25) is 0 Å². The molecule has 0 aromatic carbocycles. The predicted molar refractivity (Wildman–Crippen MR) is 58.1 cm³/mol. The zero-order valence-electron chi connectivity index (χ0n) is 8.64. The molecule has 0 aliphatic carbocycles. The van der Waals surface area contributed by atoms with Gasteiger partial charge in [0.2, 0.25) is 0 Å². The van der Waals surface area contributed by atoms with E-state index in [1.54, 1.807) is 31.4 Å². The average Bonchev–Trinajstić information content (AvgIpc) is 2.65. The molecule has 1 aromatic heterocycles. The Kier molecular flexibility index (Phi) is 3.85. The zero-order chi connectivity index (χ0) is 11.4. The van der Waals surface area contributed by atoms with Gasteiger partial charge >= 0.3 is 5.97 Å². The third kappa shape index (κ3) is 3.06. The molecule has 4 nitrogen and oxygen atoms in total. The van der Waals surface area contributed by atoms with Gasteiger partial charge in [-0.2, -0.15) is 0 Å². The van der Waals surface area contributed by atoms with Crippen molar-refractivity contribution in [3.05, 3.63) is 22.4 Å². The Balaban J connectivity index is 2.81. The van der Waals surface area contributed by atoms with Crippen LogP contribution in [-0.2, 0) is 4.79 Å². The first-order valence-corrected chi connectivity index (χ1v) is 5.46. The molecule has 0 radical (unpaired) electrons. The third-order valence-electron chi connectivity index (χ3n) is 1.92. The highest BCUT2D eigenvalue weighted by atomic mass is 32.1. The number of aliphatic carboxylic acids is 1. The van der Waals surface area contributed by atoms with Gasteiger partial charge in [-0.15, -0.1) is 11.3 Å². The van der Waals surface area contributed by atoms with Crippen LogP contribution in [0.4, 0.5) is 0 Å². The molecule has 0 bridgehead atoms. The summed E-state index contributed by atoms with van der Waals surface area (Å²) in [5.41, 5.74) is 0. The fourth-order valence-electron chi connectivity index (χ4n) is 1.18. The summed E-state index contributed by atoms with van der Waals surface area (Å²) < 4.78 is 0. The number of carboxylic acid groups (broad SMARTS) is 1. The van der Waals surface area contributed by atoms with E-state index < -0.39 is 5.97 Å². The lowest BCUT2D eigenvalue weighted by molar-refractivity contribution is -0.138. The second kappa shape index (κ2) is 4.93. The van der Waals surface area contributed by atoms with Crippen LogP contribution in [0, 0.1) is 0 Å². The molecular weight excluding hydrogens is 214 g/mol. The van der Waals surface area contributed by atoms with Crippen molar-refractivity contribution in [3.8, 4) is 0 Å². The SMILES string of the molecule is CC(C)N(CC(=O)O)C(=O)c1cccs1. The molecule has 15 heavy (non-hydrogen) atoms. The minimum absolute atomic E-state index is 0.115. The summed E-state index contributed by atoms with van der Waals surface area (Å²) in [5.74, 6) is -1.21. The Morgan fingerprint density at radius 1 is 1.53 bits per heavy atom. The molecule has 1 rings (SSSR count). The second-order valence-corrected chi connectivity index (χ2v) is 4.35. The summed E-state index contributed by atoms with van der Waals surface area (Å²) in [6.07, 6.45) is 0. The average molecular weight is 227 g/mol. The first-order chi connectivity index (χ1) is 7.02. The van der Waals surface area contributed by atoms with E-state index in [-0.39, 0.29) is 18.5 Å². The maximum atomic E-state index is 11.9. The van der Waals surface area contributed by atoms with Crippen molar-refractivity contribution in [1.29, 1.82) is 0 Å². The van der Waals surface area contributed by atoms with Gasteiger partial charge in [-0.05, 0) is 25.3 Å². The van der Waals surface area contributed by atoms with E-state index in [1.165, 1.54) is 16.2 Å². The van der Waals surface area contributed by atoms with E-state index in [2.05, 4.69) is 0 Å². The highest BCUT2D eigenvalue weighted by Crippen LogP contribution is 2.13. The number of carboxylic acids is 1. The van der Waals surface area contributed by atoms with Gasteiger partial charge in [0.1, 0.15) is 6.54 Å². The number of hydrogen-bond acceptors (Lipinski definition) is 3. The van der Waals surface area contributed by atoms with Gasteiger partial charge < -0.3 is 10.0 Å². The van der Waals surface area contributed by atoms with E-state index in [0.29, 0.717) is 4.88 Å². The van der Waals surface area contributed by atoms with Crippen LogP contribution in [-0.4, -0.2) is 34.5 Å². The summed E-state index contributed by atoms with van der Waals surface area (Å²) in [6.45, 7) is 3.34. The van der Waals surface area contributed by atoms with Crippen molar-refractivity contribution in [1.82, 2.24) is 4.90 Å². The van der Waals surface area contributed by atoms with Crippen LogP contribution in [0.15, 0.2) is 17.5 Å². The van der Waals surface area contributed by atoms with Gasteiger partial charge in [-0.1, -0.05) is 6.07 Å². The zero-order valence-corrected chi connectivity index (χ0v) is 9.45. The number of nitrogens with zero attached hydrogens (tertiary/aromatic N) is 1. The van der Waals surface area contributed by atoms with Crippen LogP contribution < -0.4 is 0 Å². The van der Waals surface area contributed by atoms with Crippen molar-refractivity contribution in [2.75, 3.05) is 6.54 Å². The Morgan fingerprint density at radius 3 is 2.60 bits per heavy atom. The molecule has 0 aliphatic rings. The number of rotatable bonds is 4. The Hall–Kier alpha value is -1.36. The first-order valence-electron chi connectivity index (χ1n) is 4.58. The van der Waals surface area contributed by atoms with Crippen molar-refractivity contribution < 1.29 is 14.7 Å². The van der Waals surface area contributed by atoms with Crippen LogP contribution in [0.5, 0.6) is 0 Å². The molecular formula is C10H13NO3S. The molecule has 1 N–H and O–H groups in total. The van der Waals surface area contributed by atoms with Crippen LogP contribution in [0.25, 0.3) is 0 Å². The van der Waals surface area contributed by atoms with Gasteiger partial charge in [0.25, 0.3) is 5.91 Å². The van der Waals surface area contributed by atoms with Crippen LogP contribution in [0.1, 0.15) is 23.5 Å². The van der Waals surface area contributed by atoms with Crippen molar-refractivity contribution in [2.45, 2.75) is 19.9 Å². The monoisotopic (exact) mass is 227 g/mol. The van der Waals surface area contributed by atoms with E-state index >= 15 is 0 Å². The van der Waals surface area contributed by atoms with E-state index in [4.69, 9.17) is 5.11 Å². The molecule has 5 heteroatoms. The minimum atomic E-state index is -0.992. The smallest absolute Gasteiger partial charge is 0.323 e. The lowest BCUT2D eigenvalue weighted by Gasteiger charge is -2.24. The van der Waals surface area contributed by atoms with Gasteiger partial charge in [-0.3, -0.25) is 9.59 Å². The normalized spacial score (nSPS) is 10.3. The molecule has 1 amide bonds. The number of amides is 1. The van der Waals surface area contributed by atoms with Gasteiger partial charge in [0.15, 0.2) is 0 Å². The Morgan fingerprint density at radius 2 is 2.20 bits per heavy atom. The van der Waals surface area contributed by atoms with Crippen molar-refractivity contribution >= 4 is 23.2 Å². The summed E-state index contributed by atoms with van der Waals surface area (Å²) in [7, 11) is 0. The largest absolute Gasteiger partial charge is 0.480 e. The third-order valence-corrected chi connectivity index (χ3v) is 2.78. The van der Waals surface area contributed by atoms with E-state index in [1.807, 2.05) is 0 Å². The molecule has 0 unspecified atom stereocenters. The standard InChI is InChI=1S/C10H13NO3S/c1-7(2)11(6-9(12)13)10(14)8-4-3-5-15-8/h3-5,7H,6H2,1-2H3,(H,12,13). The highest BCUT2D eigenvalue weighted by Gasteiger charge is 2.21. The number of thiophene rings is 1. The molecule has 0 atom stereocenters. The molecule has 0 saturated carbocycles. The van der Waals surface area contributed by atoms with E-state index in [9.17, 15) is 9.59 Å². The molecule has 1 heterocycles. The predicted octanol–water partition coefficient (Wildman–Crippen LogP) is 1.68. The lowest BCUT2D eigenvalue weighted by atomic mass is 10.3. The number of carbonyl (C=O) groups excluding carboxylic acids is 1. The molecule has 0 saturated heterocycles. The van der Waals surface area contributed by atoms with Crippen LogP contribution >= 0.6 is 11.3 Å². The summed E-state index contributed by atoms with van der Waals surface area (Å²) in [6, 6.07) is 3.36. The lowest BCUT2D eigenvalue weighted by Crippen LogP contribution is -2.40. The number of carbonyl (C=O) groups is 2. The fourth-order valence-corrected chi connectivity index (χ4v) is 1.86. The molecule has 1 aromatic rings. The summed E-state index contributed by atoms with van der Waals surface area (Å²) in [4.78, 5) is 24.4. The second-order valence-electron chi connectivity index (χ2n) is 3.40. The molecule has 0 aliphatic heterocycles. The van der Waals surface area contributed by atoms with Gasteiger partial charge in [0.05, 0.1) is 4.88 Å². The first kappa shape index (κ1) is 11.7. The molecule has 82 valence electrons. The molecule has 0 spiro atoms. The van der Waals surface area contributed by atoms with E-state index in [0.717, 1.165) is 0 Å². The van der Waals surface area contributed by atoms with Crippen LogP contribution in [0.3, 0.4) is 0 Å². The van der Waals surface area contributed by atoms with Gasteiger partial charge in [0, 0.05) is 6.04 Å². The Bertz CT molecular complexity index is 346. The maximum absolute atomic E-state index is 11.9. The minimum Gasteiger partial charge on any atom is -0.480 e. The Labute approximate surface area is 92.1 Å².